The first-order chi connectivity index (χ1) is 10.2. The van der Waals surface area contributed by atoms with Crippen molar-refractivity contribution in [2.75, 3.05) is 14.2 Å². The smallest absolute Gasteiger partial charge is 0.165 e. The molecule has 2 rings (SSSR count). The van der Waals surface area contributed by atoms with Gasteiger partial charge in [0.15, 0.2) is 11.5 Å². The third-order valence-corrected chi connectivity index (χ3v) is 3.61. The number of methoxy groups -OCH3 is 2. The third kappa shape index (κ3) is 2.83. The van der Waals surface area contributed by atoms with E-state index in [0.717, 1.165) is 11.3 Å². The topological polar surface area (TPSA) is 74.3 Å². The van der Waals surface area contributed by atoms with E-state index >= 15 is 0 Å². The maximum Gasteiger partial charge on any atom is 0.165 e. The SMILES string of the molecule is CCn1ncc(Cl)c1C(NN)c1cccc(OC)c1OC. The number of nitrogens with one attached hydrogen (secondary N) is 1. The van der Waals surface area contributed by atoms with Gasteiger partial charge in [0.25, 0.3) is 0 Å². The molecule has 0 fully saturated rings. The number of aromatic nitrogens is 2. The van der Waals surface area contributed by atoms with E-state index in [1.165, 1.54) is 0 Å². The van der Waals surface area contributed by atoms with Gasteiger partial charge in [-0.1, -0.05) is 23.7 Å². The lowest BCUT2D eigenvalue weighted by Crippen LogP contribution is -2.31. The van der Waals surface area contributed by atoms with E-state index in [0.29, 0.717) is 23.1 Å². The van der Waals surface area contributed by atoms with Crippen LogP contribution in [0.15, 0.2) is 24.4 Å². The number of benzene rings is 1. The number of para-hydroxylation sites is 1. The molecule has 0 aliphatic heterocycles. The zero-order valence-electron chi connectivity index (χ0n) is 12.3. The quantitative estimate of drug-likeness (QED) is 0.631. The number of nitrogens with zero attached hydrogens (tertiary/aromatic N) is 2. The number of rotatable bonds is 6. The fraction of sp³-hybridized carbons (Fsp3) is 0.357. The summed E-state index contributed by atoms with van der Waals surface area (Å²) in [6, 6.07) is 5.26. The summed E-state index contributed by atoms with van der Waals surface area (Å²) in [6.07, 6.45) is 1.61. The molecule has 0 aliphatic carbocycles. The summed E-state index contributed by atoms with van der Waals surface area (Å²) in [4.78, 5) is 0. The minimum atomic E-state index is -0.356. The monoisotopic (exact) mass is 310 g/mol. The first-order valence-corrected chi connectivity index (χ1v) is 6.93. The predicted octanol–water partition coefficient (Wildman–Crippen LogP) is 2.13. The molecule has 1 aromatic carbocycles. The minimum absolute atomic E-state index is 0.356. The van der Waals surface area contributed by atoms with E-state index in [-0.39, 0.29) is 6.04 Å². The van der Waals surface area contributed by atoms with Gasteiger partial charge >= 0.3 is 0 Å². The van der Waals surface area contributed by atoms with Crippen molar-refractivity contribution < 1.29 is 9.47 Å². The van der Waals surface area contributed by atoms with Crippen LogP contribution in [0, 0.1) is 0 Å². The molecule has 1 aromatic heterocycles. The minimum Gasteiger partial charge on any atom is -0.493 e. The van der Waals surface area contributed by atoms with E-state index in [2.05, 4.69) is 10.5 Å². The second-order valence-corrected chi connectivity index (χ2v) is 4.78. The van der Waals surface area contributed by atoms with Crippen LogP contribution in [0.3, 0.4) is 0 Å². The van der Waals surface area contributed by atoms with Crippen molar-refractivity contribution in [2.24, 2.45) is 5.84 Å². The van der Waals surface area contributed by atoms with Crippen LogP contribution in [0.25, 0.3) is 0 Å². The second kappa shape index (κ2) is 6.80. The Kier molecular flexibility index (Phi) is 5.06. The van der Waals surface area contributed by atoms with Crippen molar-refractivity contribution in [1.82, 2.24) is 15.2 Å². The number of halogens is 1. The Hall–Kier alpha value is -1.76. The van der Waals surface area contributed by atoms with Gasteiger partial charge < -0.3 is 9.47 Å². The van der Waals surface area contributed by atoms with Gasteiger partial charge in [0.2, 0.25) is 0 Å². The third-order valence-electron chi connectivity index (χ3n) is 3.32. The van der Waals surface area contributed by atoms with Crippen molar-refractivity contribution >= 4 is 11.6 Å². The summed E-state index contributed by atoms with van der Waals surface area (Å²) in [5.41, 5.74) is 4.40. The van der Waals surface area contributed by atoms with Crippen molar-refractivity contribution in [3.63, 3.8) is 0 Å². The Morgan fingerprint density at radius 2 is 2.14 bits per heavy atom. The maximum atomic E-state index is 6.27. The number of hydrazine groups is 1. The van der Waals surface area contributed by atoms with Gasteiger partial charge in [0.05, 0.1) is 37.2 Å². The van der Waals surface area contributed by atoms with E-state index in [1.807, 2.05) is 25.1 Å². The van der Waals surface area contributed by atoms with Crippen LogP contribution in [0.1, 0.15) is 24.2 Å². The first-order valence-electron chi connectivity index (χ1n) is 6.56. The normalized spacial score (nSPS) is 12.2. The Bertz CT molecular complexity index is 615. The maximum absolute atomic E-state index is 6.27. The molecule has 3 N–H and O–H groups in total. The Labute approximate surface area is 128 Å². The molecule has 0 saturated carbocycles. The van der Waals surface area contributed by atoms with Crippen LogP contribution >= 0.6 is 11.6 Å². The number of nitrogens with two attached hydrogens (primary N) is 1. The van der Waals surface area contributed by atoms with E-state index in [1.54, 1.807) is 25.1 Å². The average molecular weight is 311 g/mol. The summed E-state index contributed by atoms with van der Waals surface area (Å²) < 4.78 is 12.6. The molecule has 0 saturated heterocycles. The van der Waals surface area contributed by atoms with Crippen molar-refractivity contribution in [3.05, 3.63) is 40.7 Å². The lowest BCUT2D eigenvalue weighted by atomic mass is 10.0. The van der Waals surface area contributed by atoms with Crippen LogP contribution in [-0.4, -0.2) is 24.0 Å². The highest BCUT2D eigenvalue weighted by molar-refractivity contribution is 6.31. The molecule has 0 spiro atoms. The van der Waals surface area contributed by atoms with Gasteiger partial charge in [-0.25, -0.2) is 5.43 Å². The molecule has 114 valence electrons. The molecule has 2 aromatic rings. The van der Waals surface area contributed by atoms with Crippen LogP contribution in [0.2, 0.25) is 5.02 Å². The lowest BCUT2D eigenvalue weighted by molar-refractivity contribution is 0.348. The second-order valence-electron chi connectivity index (χ2n) is 4.38. The molecule has 6 nitrogen and oxygen atoms in total. The number of aryl methyl sites for hydroxylation is 1. The number of hydrogen-bond acceptors (Lipinski definition) is 5. The van der Waals surface area contributed by atoms with Crippen LogP contribution in [0.4, 0.5) is 0 Å². The number of ether oxygens (including phenoxy) is 2. The van der Waals surface area contributed by atoms with Gasteiger partial charge in [0.1, 0.15) is 0 Å². The number of hydrogen-bond donors (Lipinski definition) is 2. The summed E-state index contributed by atoms with van der Waals surface area (Å²) >= 11 is 6.27. The van der Waals surface area contributed by atoms with Crippen LogP contribution < -0.4 is 20.7 Å². The molecule has 0 bridgehead atoms. The highest BCUT2D eigenvalue weighted by Gasteiger charge is 2.25. The predicted molar refractivity (Wildman–Crippen MR) is 81.6 cm³/mol. The summed E-state index contributed by atoms with van der Waals surface area (Å²) in [5, 5.41) is 4.79. The average Bonchev–Trinajstić information content (AvgIpc) is 2.89. The van der Waals surface area contributed by atoms with Gasteiger partial charge in [-0.3, -0.25) is 10.5 Å². The van der Waals surface area contributed by atoms with Crippen LogP contribution in [-0.2, 0) is 6.54 Å². The largest absolute Gasteiger partial charge is 0.493 e. The zero-order valence-corrected chi connectivity index (χ0v) is 13.0. The summed E-state index contributed by atoms with van der Waals surface area (Å²) in [7, 11) is 3.18. The van der Waals surface area contributed by atoms with E-state index in [9.17, 15) is 0 Å². The molecule has 1 heterocycles. The Morgan fingerprint density at radius 3 is 2.71 bits per heavy atom. The molecule has 0 amide bonds. The lowest BCUT2D eigenvalue weighted by Gasteiger charge is -2.21. The molecule has 1 unspecified atom stereocenters. The molecule has 1 atom stereocenters. The highest BCUT2D eigenvalue weighted by Crippen LogP contribution is 2.38. The van der Waals surface area contributed by atoms with Gasteiger partial charge in [-0.2, -0.15) is 5.10 Å². The van der Waals surface area contributed by atoms with Crippen molar-refractivity contribution in [1.29, 1.82) is 0 Å². The van der Waals surface area contributed by atoms with Crippen LogP contribution in [0.5, 0.6) is 11.5 Å². The molecular formula is C14H19ClN4O2. The van der Waals surface area contributed by atoms with Gasteiger partial charge in [-0.15, -0.1) is 0 Å². The Morgan fingerprint density at radius 1 is 1.38 bits per heavy atom. The van der Waals surface area contributed by atoms with Gasteiger partial charge in [-0.05, 0) is 13.0 Å². The fourth-order valence-corrected chi connectivity index (χ4v) is 2.62. The zero-order chi connectivity index (χ0) is 15.4. The highest BCUT2D eigenvalue weighted by atomic mass is 35.5. The Balaban J connectivity index is 2.59. The molecule has 0 aliphatic rings. The molecule has 7 heteroatoms. The first kappa shape index (κ1) is 15.6. The van der Waals surface area contributed by atoms with E-state index in [4.69, 9.17) is 26.9 Å². The standard InChI is InChI=1S/C14H19ClN4O2/c1-4-19-13(10(15)8-17-19)12(18-16)9-6-5-7-11(20-2)14(9)21-3/h5-8,12,18H,4,16H2,1-3H3. The molecule has 21 heavy (non-hydrogen) atoms. The summed E-state index contributed by atoms with van der Waals surface area (Å²) in [6.45, 7) is 2.68. The van der Waals surface area contributed by atoms with Crippen molar-refractivity contribution in [2.45, 2.75) is 19.5 Å². The molecular weight excluding hydrogens is 292 g/mol. The fourth-order valence-electron chi connectivity index (χ4n) is 2.37. The molecule has 0 radical (unpaired) electrons. The van der Waals surface area contributed by atoms with Crippen molar-refractivity contribution in [3.8, 4) is 11.5 Å². The summed E-state index contributed by atoms with van der Waals surface area (Å²) in [5.74, 6) is 7.00. The van der Waals surface area contributed by atoms with E-state index < -0.39 is 0 Å². The van der Waals surface area contributed by atoms with Gasteiger partial charge in [0, 0.05) is 12.1 Å².